The Morgan fingerprint density at radius 3 is 2.73 bits per heavy atom. The van der Waals surface area contributed by atoms with Gasteiger partial charge in [-0.15, -0.1) is 0 Å². The van der Waals surface area contributed by atoms with Crippen molar-refractivity contribution < 1.29 is 0 Å². The minimum atomic E-state index is 0.823. The highest BCUT2D eigenvalue weighted by atomic mass is 14.5. The first-order valence-corrected chi connectivity index (χ1v) is 3.73. The third kappa shape index (κ3) is 1.84. The normalized spacial score (nSPS) is 11.6. The summed E-state index contributed by atoms with van der Waals surface area (Å²) in [5.74, 6) is 0. The number of anilines is 1. The van der Waals surface area contributed by atoms with Gasteiger partial charge in [-0.25, -0.2) is 0 Å². The molecular formula is C10H13N. The Morgan fingerprint density at radius 1 is 1.45 bits per heavy atom. The van der Waals surface area contributed by atoms with Crippen molar-refractivity contribution in [1.29, 1.82) is 0 Å². The molecular weight excluding hydrogens is 134 g/mol. The highest BCUT2D eigenvalue weighted by Gasteiger charge is 1.92. The molecule has 1 heteroatoms. The summed E-state index contributed by atoms with van der Waals surface area (Å²) in [6.07, 6.45) is 2.08. The monoisotopic (exact) mass is 147 g/mol. The second-order valence-corrected chi connectivity index (χ2v) is 2.60. The van der Waals surface area contributed by atoms with Crippen molar-refractivity contribution in [3.8, 4) is 0 Å². The van der Waals surface area contributed by atoms with E-state index >= 15 is 0 Å². The first-order valence-electron chi connectivity index (χ1n) is 3.73. The Labute approximate surface area is 67.5 Å². The molecule has 1 aromatic rings. The van der Waals surface area contributed by atoms with Crippen molar-refractivity contribution in [2.24, 2.45) is 0 Å². The Bertz CT molecular complexity index is 274. The largest absolute Gasteiger partial charge is 0.399 e. The summed E-state index contributed by atoms with van der Waals surface area (Å²) in [4.78, 5) is 0. The van der Waals surface area contributed by atoms with Gasteiger partial charge in [0.05, 0.1) is 0 Å². The van der Waals surface area contributed by atoms with Crippen molar-refractivity contribution in [1.82, 2.24) is 0 Å². The molecule has 0 saturated carbocycles. The van der Waals surface area contributed by atoms with Gasteiger partial charge in [-0.05, 0) is 37.1 Å². The predicted molar refractivity (Wildman–Crippen MR) is 50.2 cm³/mol. The SMILES string of the molecule is C/C=C(\C)c1cccc(N)c1. The molecule has 1 nitrogen and oxygen atoms in total. The van der Waals surface area contributed by atoms with Crippen LogP contribution in [0.1, 0.15) is 19.4 Å². The topological polar surface area (TPSA) is 26.0 Å². The van der Waals surface area contributed by atoms with Crippen LogP contribution in [0.25, 0.3) is 5.57 Å². The average molecular weight is 147 g/mol. The lowest BCUT2D eigenvalue weighted by Crippen LogP contribution is -1.85. The second-order valence-electron chi connectivity index (χ2n) is 2.60. The number of benzene rings is 1. The third-order valence-corrected chi connectivity index (χ3v) is 1.77. The molecule has 0 aliphatic rings. The van der Waals surface area contributed by atoms with E-state index in [9.17, 15) is 0 Å². The van der Waals surface area contributed by atoms with Gasteiger partial charge in [0, 0.05) is 5.69 Å². The van der Waals surface area contributed by atoms with Crippen molar-refractivity contribution >= 4 is 11.3 Å². The molecule has 2 N–H and O–H groups in total. The summed E-state index contributed by atoms with van der Waals surface area (Å²) in [5, 5.41) is 0. The van der Waals surface area contributed by atoms with Crippen molar-refractivity contribution in [2.45, 2.75) is 13.8 Å². The number of allylic oxidation sites excluding steroid dienone is 2. The molecule has 1 aromatic carbocycles. The van der Waals surface area contributed by atoms with Crippen LogP contribution in [0.15, 0.2) is 30.3 Å². The van der Waals surface area contributed by atoms with Gasteiger partial charge in [0.15, 0.2) is 0 Å². The molecule has 1 rings (SSSR count). The van der Waals surface area contributed by atoms with Crippen LogP contribution in [0.5, 0.6) is 0 Å². The molecule has 0 saturated heterocycles. The summed E-state index contributed by atoms with van der Waals surface area (Å²) in [7, 11) is 0. The minimum Gasteiger partial charge on any atom is -0.399 e. The van der Waals surface area contributed by atoms with E-state index in [0.29, 0.717) is 0 Å². The molecule has 0 aliphatic carbocycles. The summed E-state index contributed by atoms with van der Waals surface area (Å²) >= 11 is 0. The highest BCUT2D eigenvalue weighted by molar-refractivity contribution is 5.66. The molecule has 11 heavy (non-hydrogen) atoms. The average Bonchev–Trinajstić information content (AvgIpc) is 2.03. The first kappa shape index (κ1) is 7.86. The third-order valence-electron chi connectivity index (χ3n) is 1.77. The van der Waals surface area contributed by atoms with Gasteiger partial charge in [0.25, 0.3) is 0 Å². The van der Waals surface area contributed by atoms with Crippen LogP contribution >= 0.6 is 0 Å². The molecule has 0 aromatic heterocycles. The van der Waals surface area contributed by atoms with Gasteiger partial charge in [-0.2, -0.15) is 0 Å². The predicted octanol–water partition coefficient (Wildman–Crippen LogP) is 2.69. The van der Waals surface area contributed by atoms with E-state index in [1.54, 1.807) is 0 Å². The van der Waals surface area contributed by atoms with Crippen molar-refractivity contribution in [3.05, 3.63) is 35.9 Å². The molecule has 0 atom stereocenters. The molecule has 0 heterocycles. The maximum absolute atomic E-state index is 5.62. The second kappa shape index (κ2) is 3.24. The van der Waals surface area contributed by atoms with Crippen molar-refractivity contribution in [2.75, 3.05) is 5.73 Å². The Kier molecular flexibility index (Phi) is 2.32. The summed E-state index contributed by atoms with van der Waals surface area (Å²) < 4.78 is 0. The van der Waals surface area contributed by atoms with Crippen molar-refractivity contribution in [3.63, 3.8) is 0 Å². The molecule has 0 aliphatic heterocycles. The van der Waals surface area contributed by atoms with E-state index < -0.39 is 0 Å². The zero-order valence-corrected chi connectivity index (χ0v) is 6.96. The van der Waals surface area contributed by atoms with Crippen LogP contribution in [0.2, 0.25) is 0 Å². The lowest BCUT2D eigenvalue weighted by Gasteiger charge is -2.00. The molecule has 0 spiro atoms. The zero-order valence-electron chi connectivity index (χ0n) is 6.96. The fourth-order valence-corrected chi connectivity index (χ4v) is 0.951. The molecule has 0 fully saturated rings. The van der Waals surface area contributed by atoms with Gasteiger partial charge >= 0.3 is 0 Å². The van der Waals surface area contributed by atoms with E-state index in [4.69, 9.17) is 5.73 Å². The Morgan fingerprint density at radius 2 is 2.18 bits per heavy atom. The van der Waals surface area contributed by atoms with E-state index in [1.165, 1.54) is 11.1 Å². The molecule has 0 unspecified atom stereocenters. The van der Waals surface area contributed by atoms with Crippen LogP contribution in [-0.4, -0.2) is 0 Å². The number of nitrogen functional groups attached to an aromatic ring is 1. The van der Waals surface area contributed by atoms with E-state index in [0.717, 1.165) is 5.69 Å². The number of hydrogen-bond donors (Lipinski definition) is 1. The molecule has 0 radical (unpaired) electrons. The first-order chi connectivity index (χ1) is 5.24. The lowest BCUT2D eigenvalue weighted by atomic mass is 10.1. The smallest absolute Gasteiger partial charge is 0.0320 e. The van der Waals surface area contributed by atoms with Crippen LogP contribution in [0.4, 0.5) is 5.69 Å². The maximum atomic E-state index is 5.62. The zero-order chi connectivity index (χ0) is 8.27. The Hall–Kier alpha value is -1.24. The lowest BCUT2D eigenvalue weighted by molar-refractivity contribution is 1.54. The Balaban J connectivity index is 3.06. The quantitative estimate of drug-likeness (QED) is 0.607. The molecule has 0 amide bonds. The minimum absolute atomic E-state index is 0.823. The van der Waals surface area contributed by atoms with Crippen LogP contribution in [0.3, 0.4) is 0 Å². The van der Waals surface area contributed by atoms with Gasteiger partial charge in [0.2, 0.25) is 0 Å². The summed E-state index contributed by atoms with van der Waals surface area (Å²) in [6.45, 7) is 4.10. The fourth-order valence-electron chi connectivity index (χ4n) is 0.951. The van der Waals surface area contributed by atoms with E-state index in [2.05, 4.69) is 19.1 Å². The van der Waals surface area contributed by atoms with Crippen LogP contribution in [-0.2, 0) is 0 Å². The van der Waals surface area contributed by atoms with Crippen LogP contribution in [0, 0.1) is 0 Å². The van der Waals surface area contributed by atoms with Crippen LogP contribution < -0.4 is 5.73 Å². The highest BCUT2D eigenvalue weighted by Crippen LogP contribution is 2.15. The maximum Gasteiger partial charge on any atom is 0.0320 e. The van der Waals surface area contributed by atoms with Gasteiger partial charge in [0.1, 0.15) is 0 Å². The van der Waals surface area contributed by atoms with Gasteiger partial charge in [-0.3, -0.25) is 0 Å². The van der Waals surface area contributed by atoms with E-state index in [1.807, 2.05) is 25.1 Å². The van der Waals surface area contributed by atoms with Gasteiger partial charge < -0.3 is 5.73 Å². The standard InChI is InChI=1S/C10H13N/c1-3-8(2)9-5-4-6-10(11)7-9/h3-7H,11H2,1-2H3/b8-3+. The number of hydrogen-bond acceptors (Lipinski definition) is 1. The summed E-state index contributed by atoms with van der Waals surface area (Å²) in [5.41, 5.74) is 8.91. The number of rotatable bonds is 1. The fraction of sp³-hybridized carbons (Fsp3) is 0.200. The molecule has 0 bridgehead atoms. The molecule has 58 valence electrons. The van der Waals surface area contributed by atoms with E-state index in [-0.39, 0.29) is 0 Å². The summed E-state index contributed by atoms with van der Waals surface area (Å²) in [6, 6.07) is 7.91. The number of nitrogens with two attached hydrogens (primary N) is 1. The van der Waals surface area contributed by atoms with Gasteiger partial charge in [-0.1, -0.05) is 18.2 Å².